The van der Waals surface area contributed by atoms with Crippen LogP contribution >= 0.6 is 31.9 Å². The number of hydrogen-bond donors (Lipinski definition) is 2. The highest BCUT2D eigenvalue weighted by molar-refractivity contribution is 9.10. The molecule has 1 aromatic heterocycles. The molecule has 0 unspecified atom stereocenters. The van der Waals surface area contributed by atoms with Gasteiger partial charge in [0.25, 0.3) is 11.6 Å². The van der Waals surface area contributed by atoms with Gasteiger partial charge in [-0.2, -0.15) is 9.67 Å². The molecule has 34 heavy (non-hydrogen) atoms. The summed E-state index contributed by atoms with van der Waals surface area (Å²) in [4.78, 5) is 28.5. The van der Waals surface area contributed by atoms with Crippen molar-refractivity contribution in [3.05, 3.63) is 109 Å². The summed E-state index contributed by atoms with van der Waals surface area (Å²) in [6.07, 6.45) is 0. The van der Waals surface area contributed by atoms with Crippen molar-refractivity contribution in [2.45, 2.75) is 13.1 Å². The number of halogens is 2. The minimum absolute atomic E-state index is 0.0820. The smallest absolute Gasteiger partial charge is 0.288 e. The number of carbonyl (C=O) groups is 1. The Morgan fingerprint density at radius 2 is 1.53 bits per heavy atom. The second-order valence-electron chi connectivity index (χ2n) is 7.22. The molecule has 4 aromatic rings. The molecule has 0 saturated carbocycles. The Morgan fingerprint density at radius 1 is 0.912 bits per heavy atom. The van der Waals surface area contributed by atoms with Crippen LogP contribution in [0.3, 0.4) is 0 Å². The topological polar surface area (TPSA) is 115 Å². The first-order chi connectivity index (χ1) is 16.4. The van der Waals surface area contributed by atoms with E-state index in [9.17, 15) is 14.9 Å². The van der Waals surface area contributed by atoms with E-state index in [1.165, 1.54) is 18.2 Å². The number of para-hydroxylation sites is 1. The van der Waals surface area contributed by atoms with Crippen molar-refractivity contribution in [2.24, 2.45) is 0 Å². The third kappa shape index (κ3) is 5.67. The molecule has 0 spiro atoms. The zero-order valence-corrected chi connectivity index (χ0v) is 20.8. The molecular formula is C23H18Br2N6O3. The first kappa shape index (κ1) is 23.6. The molecule has 0 aliphatic heterocycles. The number of benzene rings is 3. The highest BCUT2D eigenvalue weighted by Crippen LogP contribution is 2.22. The van der Waals surface area contributed by atoms with Crippen LogP contribution in [0.4, 0.5) is 17.6 Å². The fourth-order valence-electron chi connectivity index (χ4n) is 3.23. The maximum atomic E-state index is 13.3. The van der Waals surface area contributed by atoms with Crippen LogP contribution in [0, 0.1) is 10.1 Å². The number of nitro benzene ring substituents is 1. The lowest BCUT2D eigenvalue weighted by atomic mass is 10.1. The van der Waals surface area contributed by atoms with Crippen LogP contribution in [0.25, 0.3) is 0 Å². The molecule has 0 saturated heterocycles. The van der Waals surface area contributed by atoms with Crippen LogP contribution in [-0.2, 0) is 13.1 Å². The Bertz CT molecular complexity index is 1360. The largest absolute Gasteiger partial charge is 0.350 e. The summed E-state index contributed by atoms with van der Waals surface area (Å²) in [5.41, 5.74) is 1.55. The molecule has 4 rings (SSSR count). The van der Waals surface area contributed by atoms with Gasteiger partial charge in [0, 0.05) is 28.1 Å². The first-order valence-electron chi connectivity index (χ1n) is 10.1. The quantitative estimate of drug-likeness (QED) is 0.203. The average Bonchev–Trinajstić information content (AvgIpc) is 3.24. The summed E-state index contributed by atoms with van der Waals surface area (Å²) in [6.45, 7) is 0.793. The fraction of sp³-hybridized carbons (Fsp3) is 0.0870. The number of aromatic nitrogens is 3. The maximum Gasteiger partial charge on any atom is 0.288 e. The standard InChI is InChI=1S/C23H18Br2N6O3/c24-17-7-3-5-15(11-17)13-26-22-28-23(27-14-16-6-4-8-18(25)12-16)30(29-22)21(32)19-9-1-2-10-20(19)31(33)34/h1-12H,13-14H2,(H2,26,27,28,29). The van der Waals surface area contributed by atoms with E-state index < -0.39 is 10.8 Å². The summed E-state index contributed by atoms with van der Waals surface area (Å²) >= 11 is 6.88. The van der Waals surface area contributed by atoms with Gasteiger partial charge in [0.05, 0.1) is 4.92 Å². The van der Waals surface area contributed by atoms with Gasteiger partial charge in [-0.15, -0.1) is 5.10 Å². The SMILES string of the molecule is O=C(c1ccccc1[N+](=O)[O-])n1nc(NCc2cccc(Br)c2)nc1NCc1cccc(Br)c1. The molecule has 0 aliphatic carbocycles. The summed E-state index contributed by atoms with van der Waals surface area (Å²) in [5.74, 6) is -0.282. The van der Waals surface area contributed by atoms with Crippen LogP contribution in [0.2, 0.25) is 0 Å². The van der Waals surface area contributed by atoms with Gasteiger partial charge in [0.15, 0.2) is 0 Å². The van der Waals surface area contributed by atoms with Crippen molar-refractivity contribution in [1.29, 1.82) is 0 Å². The first-order valence-corrected chi connectivity index (χ1v) is 11.7. The molecule has 0 atom stereocenters. The van der Waals surface area contributed by atoms with Crippen molar-refractivity contribution in [3.63, 3.8) is 0 Å². The highest BCUT2D eigenvalue weighted by atomic mass is 79.9. The molecule has 0 radical (unpaired) electrons. The average molecular weight is 586 g/mol. The van der Waals surface area contributed by atoms with Gasteiger partial charge in [-0.25, -0.2) is 0 Å². The van der Waals surface area contributed by atoms with Crippen LogP contribution in [0.1, 0.15) is 21.5 Å². The summed E-state index contributed by atoms with van der Waals surface area (Å²) in [6, 6.07) is 21.2. The number of hydrogen-bond acceptors (Lipinski definition) is 7. The van der Waals surface area contributed by atoms with Gasteiger partial charge in [-0.1, -0.05) is 68.3 Å². The molecule has 0 aliphatic rings. The zero-order chi connectivity index (χ0) is 24.1. The van der Waals surface area contributed by atoms with E-state index in [0.717, 1.165) is 24.8 Å². The monoisotopic (exact) mass is 584 g/mol. The summed E-state index contributed by atoms with van der Waals surface area (Å²) < 4.78 is 2.90. The van der Waals surface area contributed by atoms with Crippen LogP contribution < -0.4 is 10.6 Å². The van der Waals surface area contributed by atoms with Gasteiger partial charge in [0.1, 0.15) is 5.56 Å². The van der Waals surface area contributed by atoms with Crippen molar-refractivity contribution < 1.29 is 9.72 Å². The second-order valence-corrected chi connectivity index (χ2v) is 9.05. The predicted molar refractivity (Wildman–Crippen MR) is 136 cm³/mol. The van der Waals surface area contributed by atoms with E-state index >= 15 is 0 Å². The third-order valence-corrected chi connectivity index (χ3v) is 5.80. The molecule has 0 amide bonds. The Kier molecular flexibility index (Phi) is 7.33. The molecule has 0 bridgehead atoms. The Labute approximate surface area is 211 Å². The Hall–Kier alpha value is -3.57. The molecule has 0 fully saturated rings. The van der Waals surface area contributed by atoms with E-state index in [-0.39, 0.29) is 23.1 Å². The van der Waals surface area contributed by atoms with E-state index in [1.807, 2.05) is 48.5 Å². The molecule has 1 heterocycles. The van der Waals surface area contributed by atoms with Crippen molar-refractivity contribution in [2.75, 3.05) is 10.6 Å². The lowest BCUT2D eigenvalue weighted by molar-refractivity contribution is -0.385. The minimum Gasteiger partial charge on any atom is -0.350 e. The van der Waals surface area contributed by atoms with E-state index in [1.54, 1.807) is 6.07 Å². The molecule has 11 heteroatoms. The number of carbonyl (C=O) groups excluding carboxylic acids is 1. The molecule has 2 N–H and O–H groups in total. The zero-order valence-electron chi connectivity index (χ0n) is 17.6. The van der Waals surface area contributed by atoms with Gasteiger partial charge in [0.2, 0.25) is 11.9 Å². The Morgan fingerprint density at radius 3 is 2.15 bits per heavy atom. The molecule has 172 valence electrons. The second kappa shape index (κ2) is 10.6. The lowest BCUT2D eigenvalue weighted by Crippen LogP contribution is -2.18. The van der Waals surface area contributed by atoms with Crippen molar-refractivity contribution in [1.82, 2.24) is 14.8 Å². The lowest BCUT2D eigenvalue weighted by Gasteiger charge is -2.08. The molecule has 3 aromatic carbocycles. The molecule has 9 nitrogen and oxygen atoms in total. The number of nitrogens with zero attached hydrogens (tertiary/aromatic N) is 4. The van der Waals surface area contributed by atoms with E-state index in [0.29, 0.717) is 13.1 Å². The predicted octanol–water partition coefficient (Wildman–Crippen LogP) is 5.62. The van der Waals surface area contributed by atoms with E-state index in [4.69, 9.17) is 0 Å². The minimum atomic E-state index is -0.660. The van der Waals surface area contributed by atoms with Crippen molar-refractivity contribution in [3.8, 4) is 0 Å². The van der Waals surface area contributed by atoms with Crippen LogP contribution in [0.5, 0.6) is 0 Å². The van der Waals surface area contributed by atoms with Gasteiger partial charge < -0.3 is 10.6 Å². The number of nitro groups is 1. The van der Waals surface area contributed by atoms with E-state index in [2.05, 4.69) is 52.6 Å². The number of anilines is 2. The third-order valence-electron chi connectivity index (χ3n) is 4.81. The highest BCUT2D eigenvalue weighted by Gasteiger charge is 2.25. The normalized spacial score (nSPS) is 10.6. The van der Waals surface area contributed by atoms with Crippen molar-refractivity contribution >= 4 is 55.4 Å². The van der Waals surface area contributed by atoms with Gasteiger partial charge >= 0.3 is 0 Å². The van der Waals surface area contributed by atoms with Gasteiger partial charge in [-0.3, -0.25) is 14.9 Å². The summed E-state index contributed by atoms with van der Waals surface area (Å²) in [5, 5.41) is 22.0. The maximum absolute atomic E-state index is 13.3. The van der Waals surface area contributed by atoms with Gasteiger partial charge in [-0.05, 0) is 41.5 Å². The summed E-state index contributed by atoms with van der Waals surface area (Å²) in [7, 11) is 0. The number of nitrogens with one attached hydrogen (secondary N) is 2. The van der Waals surface area contributed by atoms with Crippen LogP contribution in [0.15, 0.2) is 81.7 Å². The Balaban J connectivity index is 1.63. The fourth-order valence-corrected chi connectivity index (χ4v) is 4.12. The van der Waals surface area contributed by atoms with Crippen LogP contribution in [-0.4, -0.2) is 25.6 Å². The molecular weight excluding hydrogens is 568 g/mol. The number of rotatable bonds is 8.